The highest BCUT2D eigenvalue weighted by Crippen LogP contribution is 2.16. The zero-order chi connectivity index (χ0) is 11.5. The van der Waals surface area contributed by atoms with Crippen molar-refractivity contribution >= 4 is 5.65 Å². The molecule has 1 atom stereocenters. The van der Waals surface area contributed by atoms with Crippen LogP contribution in [0.1, 0.15) is 19.3 Å². The number of nitrogens with zero attached hydrogens (tertiary/aromatic N) is 3. The van der Waals surface area contributed by atoms with Crippen molar-refractivity contribution in [3.63, 3.8) is 0 Å². The van der Waals surface area contributed by atoms with Gasteiger partial charge in [0, 0.05) is 6.54 Å². The molecule has 0 radical (unpaired) electrons. The van der Waals surface area contributed by atoms with Crippen LogP contribution in [0.4, 0.5) is 0 Å². The Kier molecular flexibility index (Phi) is 2.92. The van der Waals surface area contributed by atoms with Crippen molar-refractivity contribution in [3.05, 3.63) is 24.7 Å². The second-order valence-electron chi connectivity index (χ2n) is 4.40. The molecule has 1 fully saturated rings. The number of ether oxygens (including phenoxy) is 1. The standard InChI is InChI=1S/C12H16N4O/c1-2-6-13-7-10(3-1)17-11-4-5-12-15-14-9-16(12)8-11/h4-5,8-10,13H,1-3,6-7H2. The lowest BCUT2D eigenvalue weighted by Crippen LogP contribution is -2.29. The Morgan fingerprint density at radius 1 is 1.35 bits per heavy atom. The topological polar surface area (TPSA) is 51.5 Å². The monoisotopic (exact) mass is 232 g/mol. The van der Waals surface area contributed by atoms with Gasteiger partial charge in [-0.05, 0) is 37.9 Å². The number of aromatic nitrogens is 3. The fraction of sp³-hybridized carbons (Fsp3) is 0.500. The summed E-state index contributed by atoms with van der Waals surface area (Å²) in [5.74, 6) is 0.881. The van der Waals surface area contributed by atoms with Crippen LogP contribution in [0.25, 0.3) is 5.65 Å². The number of rotatable bonds is 2. The normalized spacial score (nSPS) is 21.3. The number of pyridine rings is 1. The quantitative estimate of drug-likeness (QED) is 0.846. The lowest BCUT2D eigenvalue weighted by Gasteiger charge is -2.16. The van der Waals surface area contributed by atoms with Gasteiger partial charge in [0.2, 0.25) is 0 Å². The third-order valence-corrected chi connectivity index (χ3v) is 3.07. The highest BCUT2D eigenvalue weighted by atomic mass is 16.5. The van der Waals surface area contributed by atoms with Gasteiger partial charge in [-0.1, -0.05) is 0 Å². The van der Waals surface area contributed by atoms with Gasteiger partial charge >= 0.3 is 0 Å². The van der Waals surface area contributed by atoms with E-state index in [4.69, 9.17) is 4.74 Å². The minimum absolute atomic E-state index is 0.270. The molecule has 0 aliphatic carbocycles. The van der Waals surface area contributed by atoms with Crippen LogP contribution < -0.4 is 10.1 Å². The zero-order valence-electron chi connectivity index (χ0n) is 9.67. The SMILES string of the molecule is c1cc2nncn2cc1OC1CCCCNC1. The molecule has 3 rings (SSSR count). The molecule has 1 N–H and O–H groups in total. The van der Waals surface area contributed by atoms with E-state index in [-0.39, 0.29) is 6.10 Å². The molecule has 90 valence electrons. The van der Waals surface area contributed by atoms with Crippen molar-refractivity contribution in [1.82, 2.24) is 19.9 Å². The summed E-state index contributed by atoms with van der Waals surface area (Å²) < 4.78 is 7.85. The lowest BCUT2D eigenvalue weighted by atomic mass is 10.2. The van der Waals surface area contributed by atoms with Gasteiger partial charge < -0.3 is 10.1 Å². The van der Waals surface area contributed by atoms with Gasteiger partial charge in [0.05, 0.1) is 6.20 Å². The van der Waals surface area contributed by atoms with Crippen molar-refractivity contribution in [2.24, 2.45) is 0 Å². The van der Waals surface area contributed by atoms with E-state index in [1.54, 1.807) is 6.33 Å². The Morgan fingerprint density at radius 2 is 2.35 bits per heavy atom. The summed E-state index contributed by atoms with van der Waals surface area (Å²) in [6.07, 6.45) is 7.48. The first-order chi connectivity index (χ1) is 8.42. The largest absolute Gasteiger partial charge is 0.488 e. The van der Waals surface area contributed by atoms with Gasteiger partial charge in [-0.2, -0.15) is 0 Å². The Hall–Kier alpha value is -1.62. The predicted octanol–water partition coefficient (Wildman–Crippen LogP) is 1.25. The van der Waals surface area contributed by atoms with Crippen molar-refractivity contribution < 1.29 is 4.74 Å². The minimum Gasteiger partial charge on any atom is -0.488 e. The van der Waals surface area contributed by atoms with E-state index in [9.17, 15) is 0 Å². The van der Waals surface area contributed by atoms with Crippen LogP contribution in [0.3, 0.4) is 0 Å². The highest BCUT2D eigenvalue weighted by molar-refractivity contribution is 5.39. The molecule has 1 unspecified atom stereocenters. The number of fused-ring (bicyclic) bond motifs is 1. The Labute approximate surface area is 99.8 Å². The maximum Gasteiger partial charge on any atom is 0.160 e. The van der Waals surface area contributed by atoms with Gasteiger partial charge in [0.15, 0.2) is 5.65 Å². The van der Waals surface area contributed by atoms with Gasteiger partial charge in [0.25, 0.3) is 0 Å². The highest BCUT2D eigenvalue weighted by Gasteiger charge is 2.13. The molecule has 0 bridgehead atoms. The summed E-state index contributed by atoms with van der Waals surface area (Å²) in [5, 5.41) is 11.2. The fourth-order valence-corrected chi connectivity index (χ4v) is 2.16. The molecule has 0 amide bonds. The lowest BCUT2D eigenvalue weighted by molar-refractivity contribution is 0.193. The number of hydrogen-bond donors (Lipinski definition) is 1. The van der Waals surface area contributed by atoms with Crippen LogP contribution in [0.5, 0.6) is 5.75 Å². The molecule has 0 spiro atoms. The molecule has 0 aromatic carbocycles. The molecule has 5 heteroatoms. The van der Waals surface area contributed by atoms with Crippen LogP contribution in [-0.4, -0.2) is 33.8 Å². The van der Waals surface area contributed by atoms with Gasteiger partial charge in [0.1, 0.15) is 18.2 Å². The van der Waals surface area contributed by atoms with Gasteiger partial charge in [-0.25, -0.2) is 0 Å². The third-order valence-electron chi connectivity index (χ3n) is 3.07. The second-order valence-corrected chi connectivity index (χ2v) is 4.40. The second kappa shape index (κ2) is 4.71. The van der Waals surface area contributed by atoms with E-state index in [0.29, 0.717) is 0 Å². The van der Waals surface area contributed by atoms with E-state index < -0.39 is 0 Å². The van der Waals surface area contributed by atoms with Crippen molar-refractivity contribution in [1.29, 1.82) is 0 Å². The van der Waals surface area contributed by atoms with Crippen molar-refractivity contribution in [2.75, 3.05) is 13.1 Å². The Bertz CT molecular complexity index is 488. The molecule has 3 heterocycles. The molecule has 0 saturated carbocycles. The van der Waals surface area contributed by atoms with Crippen LogP contribution in [0, 0.1) is 0 Å². The van der Waals surface area contributed by atoms with Gasteiger partial charge in [-0.15, -0.1) is 10.2 Å². The summed E-state index contributed by atoms with van der Waals surface area (Å²) in [6, 6.07) is 3.88. The smallest absolute Gasteiger partial charge is 0.160 e. The van der Waals surface area contributed by atoms with E-state index >= 15 is 0 Å². The van der Waals surface area contributed by atoms with Gasteiger partial charge in [-0.3, -0.25) is 4.40 Å². The molecule has 1 aliphatic rings. The van der Waals surface area contributed by atoms with E-state index in [1.807, 2.05) is 22.7 Å². The van der Waals surface area contributed by atoms with Crippen LogP contribution >= 0.6 is 0 Å². The Morgan fingerprint density at radius 3 is 3.35 bits per heavy atom. The average Bonchev–Trinajstić information content (AvgIpc) is 2.65. The van der Waals surface area contributed by atoms with Crippen LogP contribution in [-0.2, 0) is 0 Å². The molecule has 5 nitrogen and oxygen atoms in total. The predicted molar refractivity (Wildman–Crippen MR) is 64.1 cm³/mol. The molecular formula is C12H16N4O. The third kappa shape index (κ3) is 2.39. The summed E-state index contributed by atoms with van der Waals surface area (Å²) in [5.41, 5.74) is 0.844. The maximum absolute atomic E-state index is 5.97. The molecular weight excluding hydrogens is 216 g/mol. The number of hydrogen-bond acceptors (Lipinski definition) is 4. The van der Waals surface area contributed by atoms with E-state index in [0.717, 1.165) is 30.9 Å². The first-order valence-electron chi connectivity index (χ1n) is 6.08. The first kappa shape index (κ1) is 10.5. The fourth-order valence-electron chi connectivity index (χ4n) is 2.16. The molecule has 1 saturated heterocycles. The number of nitrogens with one attached hydrogen (secondary N) is 1. The molecule has 2 aromatic rings. The zero-order valence-corrected chi connectivity index (χ0v) is 9.67. The summed E-state index contributed by atoms with van der Waals surface area (Å²) in [6.45, 7) is 2.03. The van der Waals surface area contributed by atoms with E-state index in [2.05, 4.69) is 15.5 Å². The van der Waals surface area contributed by atoms with Crippen molar-refractivity contribution in [2.45, 2.75) is 25.4 Å². The molecule has 2 aromatic heterocycles. The summed E-state index contributed by atoms with van der Waals surface area (Å²) in [4.78, 5) is 0. The summed E-state index contributed by atoms with van der Waals surface area (Å²) >= 11 is 0. The minimum atomic E-state index is 0.270. The van der Waals surface area contributed by atoms with Crippen LogP contribution in [0.15, 0.2) is 24.7 Å². The van der Waals surface area contributed by atoms with E-state index in [1.165, 1.54) is 12.8 Å². The molecule has 17 heavy (non-hydrogen) atoms. The molecule has 1 aliphatic heterocycles. The first-order valence-corrected chi connectivity index (χ1v) is 6.08. The average molecular weight is 232 g/mol. The van der Waals surface area contributed by atoms with Crippen LogP contribution in [0.2, 0.25) is 0 Å². The summed E-state index contributed by atoms with van der Waals surface area (Å²) in [7, 11) is 0. The van der Waals surface area contributed by atoms with Crippen molar-refractivity contribution in [3.8, 4) is 5.75 Å². The maximum atomic E-state index is 5.97. The Balaban J connectivity index is 1.74.